The Labute approximate surface area is 145 Å². The van der Waals surface area contributed by atoms with Crippen molar-refractivity contribution in [2.45, 2.75) is 12.8 Å². The van der Waals surface area contributed by atoms with Gasteiger partial charge in [0.15, 0.2) is 12.0 Å². The van der Waals surface area contributed by atoms with E-state index in [1.54, 1.807) is 0 Å². The van der Waals surface area contributed by atoms with Crippen LogP contribution in [0.5, 0.6) is 17.2 Å². The van der Waals surface area contributed by atoms with E-state index in [-0.39, 0.29) is 5.76 Å². The first-order valence-electron chi connectivity index (χ1n) is 8.22. The van der Waals surface area contributed by atoms with E-state index in [0.29, 0.717) is 23.8 Å². The van der Waals surface area contributed by atoms with Gasteiger partial charge in [-0.3, -0.25) is 4.79 Å². The number of oxazole rings is 1. The standard InChI is InChI=1S/C20H17NO4/c22-12-19-11-21-20(25-19)15-6-8-16(9-7-15)24-18-3-1-2-17(10-18)23-13-14-4-5-14/h1-3,6-12,14H,4-5,13H2. The van der Waals surface area contributed by atoms with Gasteiger partial charge < -0.3 is 13.9 Å². The molecule has 1 aliphatic carbocycles. The van der Waals surface area contributed by atoms with E-state index >= 15 is 0 Å². The number of ether oxygens (including phenoxy) is 2. The first kappa shape index (κ1) is 15.4. The highest BCUT2D eigenvalue weighted by atomic mass is 16.5. The van der Waals surface area contributed by atoms with Crippen molar-refractivity contribution in [2.24, 2.45) is 5.92 Å². The molecule has 0 amide bonds. The molecule has 0 atom stereocenters. The molecule has 0 unspecified atom stereocenters. The molecule has 126 valence electrons. The topological polar surface area (TPSA) is 61.6 Å². The fourth-order valence-corrected chi connectivity index (χ4v) is 2.40. The molecule has 1 aliphatic rings. The van der Waals surface area contributed by atoms with Gasteiger partial charge >= 0.3 is 0 Å². The quantitative estimate of drug-likeness (QED) is 0.584. The van der Waals surface area contributed by atoms with Crippen LogP contribution in [0.2, 0.25) is 0 Å². The lowest BCUT2D eigenvalue weighted by Crippen LogP contribution is -1.98. The zero-order valence-electron chi connectivity index (χ0n) is 13.6. The van der Waals surface area contributed by atoms with Gasteiger partial charge in [-0.05, 0) is 55.2 Å². The van der Waals surface area contributed by atoms with E-state index in [9.17, 15) is 4.79 Å². The minimum absolute atomic E-state index is 0.207. The molecule has 1 aromatic heterocycles. The predicted molar refractivity (Wildman–Crippen MR) is 92.1 cm³/mol. The summed E-state index contributed by atoms with van der Waals surface area (Å²) in [6.07, 6.45) is 4.56. The number of benzene rings is 2. The molecule has 0 saturated heterocycles. The molecule has 1 saturated carbocycles. The lowest BCUT2D eigenvalue weighted by molar-refractivity contribution is 0.110. The Balaban J connectivity index is 1.43. The van der Waals surface area contributed by atoms with Crippen LogP contribution in [0, 0.1) is 5.92 Å². The third-order valence-corrected chi connectivity index (χ3v) is 3.96. The predicted octanol–water partition coefficient (Wildman–Crippen LogP) is 4.74. The van der Waals surface area contributed by atoms with Crippen LogP contribution in [0.25, 0.3) is 11.5 Å². The number of aromatic nitrogens is 1. The number of nitrogens with zero attached hydrogens (tertiary/aromatic N) is 1. The van der Waals surface area contributed by atoms with Crippen molar-refractivity contribution in [3.8, 4) is 28.7 Å². The van der Waals surface area contributed by atoms with Crippen LogP contribution in [-0.4, -0.2) is 17.9 Å². The van der Waals surface area contributed by atoms with Gasteiger partial charge in [0.1, 0.15) is 17.2 Å². The number of hydrogen-bond acceptors (Lipinski definition) is 5. The van der Waals surface area contributed by atoms with Gasteiger partial charge in [0.25, 0.3) is 0 Å². The fraction of sp³-hybridized carbons (Fsp3) is 0.200. The normalized spacial score (nSPS) is 13.4. The smallest absolute Gasteiger partial charge is 0.226 e. The molecule has 2 aromatic carbocycles. The monoisotopic (exact) mass is 335 g/mol. The van der Waals surface area contributed by atoms with Crippen molar-refractivity contribution in [1.82, 2.24) is 4.98 Å². The Kier molecular flexibility index (Phi) is 4.21. The van der Waals surface area contributed by atoms with Gasteiger partial charge in [-0.2, -0.15) is 0 Å². The average molecular weight is 335 g/mol. The summed E-state index contributed by atoms with van der Waals surface area (Å²) in [7, 11) is 0. The lowest BCUT2D eigenvalue weighted by Gasteiger charge is -2.09. The Morgan fingerprint density at radius 1 is 1.08 bits per heavy atom. The van der Waals surface area contributed by atoms with E-state index < -0.39 is 0 Å². The average Bonchev–Trinajstić information content (AvgIpc) is 3.36. The van der Waals surface area contributed by atoms with Gasteiger partial charge in [0, 0.05) is 11.6 Å². The molecular formula is C20H17NO4. The molecule has 0 radical (unpaired) electrons. The molecule has 1 fully saturated rings. The molecule has 3 aromatic rings. The zero-order chi connectivity index (χ0) is 17.1. The largest absolute Gasteiger partial charge is 0.493 e. The molecule has 0 aliphatic heterocycles. The zero-order valence-corrected chi connectivity index (χ0v) is 13.6. The van der Waals surface area contributed by atoms with E-state index in [1.807, 2.05) is 48.5 Å². The summed E-state index contributed by atoms with van der Waals surface area (Å²) in [5.74, 6) is 3.57. The van der Waals surface area contributed by atoms with Crippen LogP contribution < -0.4 is 9.47 Å². The van der Waals surface area contributed by atoms with Gasteiger partial charge in [-0.1, -0.05) is 6.07 Å². The van der Waals surface area contributed by atoms with E-state index in [0.717, 1.165) is 23.7 Å². The van der Waals surface area contributed by atoms with Crippen LogP contribution in [0.15, 0.2) is 59.1 Å². The SMILES string of the molecule is O=Cc1cnc(-c2ccc(Oc3cccc(OCC4CC4)c3)cc2)o1. The van der Waals surface area contributed by atoms with Crippen LogP contribution in [0.4, 0.5) is 0 Å². The Bertz CT molecular complexity index is 865. The minimum Gasteiger partial charge on any atom is -0.493 e. The maximum atomic E-state index is 10.7. The first-order valence-corrected chi connectivity index (χ1v) is 8.22. The summed E-state index contributed by atoms with van der Waals surface area (Å²) >= 11 is 0. The second kappa shape index (κ2) is 6.81. The maximum Gasteiger partial charge on any atom is 0.226 e. The third-order valence-electron chi connectivity index (χ3n) is 3.96. The number of hydrogen-bond donors (Lipinski definition) is 0. The summed E-state index contributed by atoms with van der Waals surface area (Å²) in [4.78, 5) is 14.7. The third kappa shape index (κ3) is 3.88. The van der Waals surface area contributed by atoms with Crippen molar-refractivity contribution >= 4 is 6.29 Å². The highest BCUT2D eigenvalue weighted by Gasteiger charge is 2.21. The van der Waals surface area contributed by atoms with Crippen molar-refractivity contribution in [2.75, 3.05) is 6.61 Å². The lowest BCUT2D eigenvalue weighted by atomic mass is 10.2. The summed E-state index contributed by atoms with van der Waals surface area (Å²) in [5, 5.41) is 0. The van der Waals surface area contributed by atoms with Crippen LogP contribution in [-0.2, 0) is 0 Å². The molecule has 4 rings (SSSR count). The molecule has 25 heavy (non-hydrogen) atoms. The summed E-state index contributed by atoms with van der Waals surface area (Å²) in [6.45, 7) is 0.775. The minimum atomic E-state index is 0.207. The molecule has 5 heteroatoms. The summed E-state index contributed by atoms with van der Waals surface area (Å²) in [6, 6.07) is 15.0. The first-order chi connectivity index (χ1) is 12.3. The van der Waals surface area contributed by atoms with Gasteiger partial charge in [0.05, 0.1) is 12.8 Å². The Hall–Kier alpha value is -3.08. The van der Waals surface area contributed by atoms with Crippen LogP contribution >= 0.6 is 0 Å². The maximum absolute atomic E-state index is 10.7. The molecule has 5 nitrogen and oxygen atoms in total. The van der Waals surface area contributed by atoms with Gasteiger partial charge in [-0.25, -0.2) is 4.98 Å². The highest BCUT2D eigenvalue weighted by molar-refractivity contribution is 5.71. The molecule has 0 bridgehead atoms. The van der Waals surface area contributed by atoms with Gasteiger partial charge in [0.2, 0.25) is 5.89 Å². The van der Waals surface area contributed by atoms with Crippen molar-refractivity contribution in [1.29, 1.82) is 0 Å². The number of carbonyl (C=O) groups excluding carboxylic acids is 1. The van der Waals surface area contributed by atoms with E-state index in [4.69, 9.17) is 13.9 Å². The van der Waals surface area contributed by atoms with Gasteiger partial charge in [-0.15, -0.1) is 0 Å². The summed E-state index contributed by atoms with van der Waals surface area (Å²) < 4.78 is 16.9. The van der Waals surface area contributed by atoms with Crippen molar-refractivity contribution in [3.05, 3.63) is 60.5 Å². The van der Waals surface area contributed by atoms with E-state index in [1.165, 1.54) is 19.0 Å². The second-order valence-electron chi connectivity index (χ2n) is 6.04. The van der Waals surface area contributed by atoms with Crippen molar-refractivity contribution < 1.29 is 18.7 Å². The molecule has 1 heterocycles. The van der Waals surface area contributed by atoms with Crippen molar-refractivity contribution in [3.63, 3.8) is 0 Å². The Morgan fingerprint density at radius 3 is 2.60 bits per heavy atom. The van der Waals surface area contributed by atoms with Crippen LogP contribution in [0.1, 0.15) is 23.4 Å². The fourth-order valence-electron chi connectivity index (χ4n) is 2.40. The second-order valence-corrected chi connectivity index (χ2v) is 6.04. The number of aldehydes is 1. The molecule has 0 N–H and O–H groups in total. The summed E-state index contributed by atoms with van der Waals surface area (Å²) in [5.41, 5.74) is 0.780. The highest BCUT2D eigenvalue weighted by Crippen LogP contribution is 2.31. The van der Waals surface area contributed by atoms with E-state index in [2.05, 4.69) is 4.98 Å². The number of rotatable bonds is 7. The van der Waals surface area contributed by atoms with Crippen LogP contribution in [0.3, 0.4) is 0 Å². The molecule has 0 spiro atoms. The molecular weight excluding hydrogens is 318 g/mol. The number of carbonyl (C=O) groups is 1. The Morgan fingerprint density at radius 2 is 1.88 bits per heavy atom.